The largest absolute Gasteiger partial charge is 0.300 e. The van der Waals surface area contributed by atoms with Gasteiger partial charge in [-0.05, 0) is 18.3 Å². The summed E-state index contributed by atoms with van der Waals surface area (Å²) in [7, 11) is 0. The van der Waals surface area contributed by atoms with Crippen LogP contribution in [0.1, 0.15) is 47.5 Å². The van der Waals surface area contributed by atoms with Crippen LogP contribution in [0.5, 0.6) is 0 Å². The summed E-state index contributed by atoms with van der Waals surface area (Å²) in [6.07, 6.45) is 1.84. The quantitative estimate of drug-likeness (QED) is 0.614. The molecule has 0 unspecified atom stereocenters. The highest BCUT2D eigenvalue weighted by molar-refractivity contribution is 5.75. The number of hydrogen-bond acceptors (Lipinski definition) is 1. The Bertz CT molecular complexity index is 130. The van der Waals surface area contributed by atoms with Gasteiger partial charge < -0.3 is 4.79 Å². The zero-order chi connectivity index (χ0) is 9.07. The molecule has 0 spiro atoms. The maximum atomic E-state index is 10.9. The van der Waals surface area contributed by atoms with E-state index in [0.29, 0.717) is 11.7 Å². The number of Topliss-reactive ketones (excluding diaryl/α,β-unsaturated/α-hetero) is 1. The molecule has 0 saturated carbocycles. The Hall–Kier alpha value is -0.330. The highest BCUT2D eigenvalue weighted by Crippen LogP contribution is 2.31. The smallest absolute Gasteiger partial charge is 0.130 e. The van der Waals surface area contributed by atoms with E-state index in [0.717, 1.165) is 12.8 Å². The molecule has 0 amide bonds. The van der Waals surface area contributed by atoms with Gasteiger partial charge in [-0.25, -0.2) is 0 Å². The summed E-state index contributed by atoms with van der Waals surface area (Å²) in [5.41, 5.74) is 0.278. The van der Waals surface area contributed by atoms with E-state index in [9.17, 15) is 4.79 Å². The maximum Gasteiger partial charge on any atom is 0.130 e. The molecule has 0 fully saturated rings. The normalized spacial score (nSPS) is 14.6. The average molecular weight is 156 g/mol. The molecule has 0 aromatic heterocycles. The molecule has 0 aromatic rings. The van der Waals surface area contributed by atoms with Gasteiger partial charge in [-0.1, -0.05) is 34.1 Å². The number of hydrogen-bond donors (Lipinski definition) is 0. The number of carbonyl (C=O) groups is 1. The summed E-state index contributed by atoms with van der Waals surface area (Å²) < 4.78 is 0. The third-order valence-corrected chi connectivity index (χ3v) is 2.25. The van der Waals surface area contributed by atoms with Gasteiger partial charge in [0.1, 0.15) is 5.78 Å². The van der Waals surface area contributed by atoms with Crippen LogP contribution in [-0.4, -0.2) is 5.78 Å². The lowest BCUT2D eigenvalue weighted by Gasteiger charge is -2.28. The fourth-order valence-corrected chi connectivity index (χ4v) is 1.41. The van der Waals surface area contributed by atoms with E-state index in [1.165, 1.54) is 0 Å². The van der Waals surface area contributed by atoms with Crippen molar-refractivity contribution >= 4 is 5.78 Å². The summed E-state index contributed by atoms with van der Waals surface area (Å²) in [4.78, 5) is 10.9. The first-order valence-electron chi connectivity index (χ1n) is 4.37. The van der Waals surface area contributed by atoms with Crippen LogP contribution in [0.25, 0.3) is 0 Å². The molecule has 1 atom stereocenters. The van der Waals surface area contributed by atoms with E-state index in [4.69, 9.17) is 0 Å². The summed E-state index contributed by atoms with van der Waals surface area (Å²) in [6, 6.07) is 0. The summed E-state index contributed by atoms with van der Waals surface area (Å²) in [6.45, 7) is 10.4. The van der Waals surface area contributed by atoms with Gasteiger partial charge in [0.2, 0.25) is 0 Å². The average Bonchev–Trinajstić information content (AvgIpc) is 1.79. The minimum Gasteiger partial charge on any atom is -0.300 e. The van der Waals surface area contributed by atoms with Crippen molar-refractivity contribution < 1.29 is 4.79 Å². The van der Waals surface area contributed by atoms with Crippen molar-refractivity contribution in [2.45, 2.75) is 47.5 Å². The van der Waals surface area contributed by atoms with E-state index >= 15 is 0 Å². The van der Waals surface area contributed by atoms with Crippen LogP contribution in [-0.2, 0) is 4.79 Å². The first-order chi connectivity index (χ1) is 4.88. The van der Waals surface area contributed by atoms with Crippen molar-refractivity contribution in [3.05, 3.63) is 0 Å². The van der Waals surface area contributed by atoms with Gasteiger partial charge in [-0.15, -0.1) is 0 Å². The van der Waals surface area contributed by atoms with Crippen molar-refractivity contribution in [3.63, 3.8) is 0 Å². The summed E-state index contributed by atoms with van der Waals surface area (Å²) >= 11 is 0. The lowest BCUT2D eigenvalue weighted by Crippen LogP contribution is -2.21. The van der Waals surface area contributed by atoms with E-state index < -0.39 is 0 Å². The van der Waals surface area contributed by atoms with Crippen LogP contribution in [0.15, 0.2) is 0 Å². The predicted molar refractivity (Wildman–Crippen MR) is 48.5 cm³/mol. The molecule has 0 bridgehead atoms. The Labute approximate surface area is 70.2 Å². The van der Waals surface area contributed by atoms with Gasteiger partial charge in [-0.3, -0.25) is 0 Å². The van der Waals surface area contributed by atoms with Crippen LogP contribution in [0.3, 0.4) is 0 Å². The molecular weight excluding hydrogens is 136 g/mol. The van der Waals surface area contributed by atoms with Crippen LogP contribution in [0.4, 0.5) is 0 Å². The molecule has 0 aliphatic rings. The van der Waals surface area contributed by atoms with Gasteiger partial charge in [0, 0.05) is 6.42 Å². The minimum atomic E-state index is 0.278. The van der Waals surface area contributed by atoms with Gasteiger partial charge in [-0.2, -0.15) is 0 Å². The molecule has 66 valence electrons. The van der Waals surface area contributed by atoms with E-state index in [1.807, 2.05) is 0 Å². The predicted octanol–water partition coefficient (Wildman–Crippen LogP) is 3.04. The topological polar surface area (TPSA) is 17.1 Å². The zero-order valence-corrected chi connectivity index (χ0v) is 8.40. The fourth-order valence-electron chi connectivity index (χ4n) is 1.41. The van der Waals surface area contributed by atoms with E-state index in [-0.39, 0.29) is 5.41 Å². The molecule has 1 nitrogen and oxygen atoms in total. The van der Waals surface area contributed by atoms with Crippen molar-refractivity contribution in [1.29, 1.82) is 0 Å². The highest BCUT2D eigenvalue weighted by atomic mass is 16.1. The molecule has 0 aliphatic heterocycles. The second-order valence-corrected chi connectivity index (χ2v) is 4.38. The number of ketones is 1. The zero-order valence-electron chi connectivity index (χ0n) is 8.40. The molecule has 11 heavy (non-hydrogen) atoms. The number of rotatable bonds is 3. The lowest BCUT2D eigenvalue weighted by molar-refractivity contribution is -0.118. The van der Waals surface area contributed by atoms with E-state index in [1.54, 1.807) is 6.92 Å². The Balaban J connectivity index is 4.07. The third kappa shape index (κ3) is 4.18. The first-order valence-corrected chi connectivity index (χ1v) is 4.37. The van der Waals surface area contributed by atoms with Crippen molar-refractivity contribution in [2.24, 2.45) is 11.3 Å². The Kier molecular flexibility index (Phi) is 3.77. The standard InChI is InChI=1S/C10H20O/c1-6-9(7-8(2)11)10(3,4)5/h9H,6-7H2,1-5H3/t9-/m1/s1. The molecule has 0 aliphatic carbocycles. The molecule has 0 saturated heterocycles. The van der Waals surface area contributed by atoms with Crippen LogP contribution < -0.4 is 0 Å². The second kappa shape index (κ2) is 3.89. The summed E-state index contributed by atoms with van der Waals surface area (Å²) in [5, 5.41) is 0. The Morgan fingerprint density at radius 1 is 1.36 bits per heavy atom. The molecule has 0 N–H and O–H groups in total. The van der Waals surface area contributed by atoms with Crippen molar-refractivity contribution in [3.8, 4) is 0 Å². The molecular formula is C10H20O. The minimum absolute atomic E-state index is 0.278. The molecule has 0 radical (unpaired) electrons. The van der Waals surface area contributed by atoms with Gasteiger partial charge >= 0.3 is 0 Å². The van der Waals surface area contributed by atoms with E-state index in [2.05, 4.69) is 27.7 Å². The van der Waals surface area contributed by atoms with Crippen LogP contribution in [0, 0.1) is 11.3 Å². The van der Waals surface area contributed by atoms with Gasteiger partial charge in [0.25, 0.3) is 0 Å². The lowest BCUT2D eigenvalue weighted by atomic mass is 9.76. The SMILES string of the molecule is CC[C@H](CC(C)=O)C(C)(C)C. The van der Waals surface area contributed by atoms with Gasteiger partial charge in [0.15, 0.2) is 0 Å². The molecule has 0 aromatic carbocycles. The monoisotopic (exact) mass is 156 g/mol. The van der Waals surface area contributed by atoms with Crippen LogP contribution >= 0.6 is 0 Å². The molecule has 0 rings (SSSR count). The Morgan fingerprint density at radius 3 is 1.91 bits per heavy atom. The second-order valence-electron chi connectivity index (χ2n) is 4.38. The molecule has 0 heterocycles. The summed E-state index contributed by atoms with van der Waals surface area (Å²) in [5.74, 6) is 0.853. The van der Waals surface area contributed by atoms with Crippen molar-refractivity contribution in [2.75, 3.05) is 0 Å². The van der Waals surface area contributed by atoms with Crippen LogP contribution in [0.2, 0.25) is 0 Å². The third-order valence-electron chi connectivity index (χ3n) is 2.25. The van der Waals surface area contributed by atoms with Gasteiger partial charge in [0.05, 0.1) is 0 Å². The van der Waals surface area contributed by atoms with Crippen molar-refractivity contribution in [1.82, 2.24) is 0 Å². The maximum absolute atomic E-state index is 10.9. The first kappa shape index (κ1) is 10.7. The molecule has 1 heteroatoms. The highest BCUT2D eigenvalue weighted by Gasteiger charge is 2.23. The fraction of sp³-hybridized carbons (Fsp3) is 0.900. The Morgan fingerprint density at radius 2 is 1.82 bits per heavy atom. The number of carbonyl (C=O) groups excluding carboxylic acids is 1.